The molecule has 3 radical (unpaired) electrons. The van der Waals surface area contributed by atoms with E-state index in [0.717, 1.165) is 82.7 Å². The molecular formula is C84H104CoIr2N16NiOPd-4. The summed E-state index contributed by atoms with van der Waals surface area (Å²) in [7, 11) is 0. The number of pyridine rings is 4. The second kappa shape index (κ2) is 40.1. The van der Waals surface area contributed by atoms with E-state index in [1.54, 1.807) is 31.0 Å². The van der Waals surface area contributed by atoms with Crippen LogP contribution in [0.3, 0.4) is 0 Å². The summed E-state index contributed by atoms with van der Waals surface area (Å²) in [6, 6.07) is 36.9. The molecule has 9 heterocycles. The Hall–Kier alpha value is -6.03. The molecule has 2 aromatic carbocycles. The Bertz CT molecular complexity index is 4400. The summed E-state index contributed by atoms with van der Waals surface area (Å²) in [5.41, 5.74) is 7.68. The minimum Gasteiger partial charge on any atom is -0.506 e. The van der Waals surface area contributed by atoms with Gasteiger partial charge in [-0.25, -0.2) is 19.3 Å². The summed E-state index contributed by atoms with van der Waals surface area (Å²) in [6.07, 6.45) is 54.2. The van der Waals surface area contributed by atoms with Crippen molar-refractivity contribution in [3.63, 3.8) is 0 Å². The molecule has 2 unspecified atom stereocenters. The number of rotatable bonds is 15. The number of aromatic hydroxyl groups is 1. The standard InChI is InChI=1S/C20H23N4.C17H22N3.2C16H20N3.C15H19N3O.Co.2Ir.Ni.Pd/c1-3-16(20(2)10-4-5-11-20)15-8-9-18(22-13-15)24-14-23-17-7-6-12-21-19(17)24;1-2-17(9-5-3-6-10-17)14-16-19-12-13-20(16)15-8-4-7-11-18-15;1-13(16(2)10-6-7-11-16)15-17-12-18-19(15)14-8-4-3-5-9-14;1-13-17-10-11-19(13)15-12-14(6-9-18-15)16(2)7-4-3-5-8-16;1-11-16-14(15(2)9-5-6-10-15)18(17-11)12-7-3-4-8-13(12)19;;;;;/h6-9,12-13,16H,3-5,10-11H2,1-2H3;4,7-8,11-12H,2-3,5-6,9-10,14H2,1H3;3-5,8,12-13H,6-7,10-11H2,1-2H3;6,9-10,12H,3-5,7-8H2,1-2H3;3-4,7-8,19H,5-6,9-10H2,1-2H3;;;;;/q4*-1;;;;;;. The number of nitrogens with zero attached hydrogens (tertiary/aromatic N) is 16. The van der Waals surface area contributed by atoms with Crippen molar-refractivity contribution in [3.8, 4) is 34.6 Å². The van der Waals surface area contributed by atoms with Gasteiger partial charge in [0.2, 0.25) is 0 Å². The molecule has 106 heavy (non-hydrogen) atoms. The van der Waals surface area contributed by atoms with Crippen LogP contribution in [0.1, 0.15) is 255 Å². The molecule has 0 bridgehead atoms. The van der Waals surface area contributed by atoms with Crippen molar-refractivity contribution in [2.24, 2.45) is 16.2 Å². The summed E-state index contributed by atoms with van der Waals surface area (Å²) < 4.78 is 9.53. The molecule has 577 valence electrons. The molecule has 0 amide bonds. The van der Waals surface area contributed by atoms with Crippen LogP contribution in [0, 0.1) is 54.9 Å². The van der Waals surface area contributed by atoms with Gasteiger partial charge in [-0.1, -0.05) is 206 Å². The predicted molar refractivity (Wildman–Crippen MR) is 399 cm³/mol. The van der Waals surface area contributed by atoms with Crippen molar-refractivity contribution in [1.29, 1.82) is 0 Å². The quantitative estimate of drug-likeness (QED) is 0.0757. The van der Waals surface area contributed by atoms with Gasteiger partial charge < -0.3 is 43.7 Å². The Morgan fingerprint density at radius 1 is 0.575 bits per heavy atom. The molecule has 16 rings (SSSR count). The molecule has 5 fully saturated rings. The van der Waals surface area contributed by atoms with Crippen LogP contribution in [0.4, 0.5) is 0 Å². The zero-order chi connectivity index (χ0) is 70.5. The second-order valence-corrected chi connectivity index (χ2v) is 30.4. The van der Waals surface area contributed by atoms with E-state index in [-0.39, 0.29) is 105 Å². The van der Waals surface area contributed by atoms with Gasteiger partial charge in [0.05, 0.1) is 5.82 Å². The van der Waals surface area contributed by atoms with Crippen molar-refractivity contribution in [3.05, 3.63) is 212 Å². The van der Waals surface area contributed by atoms with Gasteiger partial charge in [-0.05, 0) is 171 Å². The molecule has 9 aromatic heterocycles. The van der Waals surface area contributed by atoms with E-state index in [0.29, 0.717) is 39.2 Å². The summed E-state index contributed by atoms with van der Waals surface area (Å²) in [4.78, 5) is 40.1. The first kappa shape index (κ1) is 87.2. The Kier molecular flexibility index (Phi) is 33.0. The van der Waals surface area contributed by atoms with E-state index >= 15 is 0 Å². The maximum Gasteiger partial charge on any atom is 0.148 e. The topological polar surface area (TPSA) is 187 Å². The molecule has 5 aliphatic rings. The monoisotopic (exact) mass is 1960 g/mol. The van der Waals surface area contributed by atoms with Gasteiger partial charge in [0, 0.05) is 165 Å². The number of hydrogen-bond acceptors (Lipinski definition) is 12. The summed E-state index contributed by atoms with van der Waals surface area (Å²) in [6.45, 7) is 20.3. The number of imidazole rings is 3. The third-order valence-electron chi connectivity index (χ3n) is 23.5. The van der Waals surface area contributed by atoms with Gasteiger partial charge in [0.25, 0.3) is 0 Å². The molecule has 1 N–H and O–H groups in total. The first-order chi connectivity index (χ1) is 49.0. The van der Waals surface area contributed by atoms with Gasteiger partial charge in [-0.3, -0.25) is 9.97 Å². The molecule has 17 nitrogen and oxygen atoms in total. The SMILES string of the molecule is CC(c1ncnn1-c1[c-]cccc1)C1(C)CCCC1.CCC(c1ccc(-n2[c-]nc3cccnc32)nc1)C1(C)CCCC1.CCC1(Cc2nc[c-]n2-c2ccccn2)CCCCC1.Cc1nc(C2(C)CCCC2)n(-c2ccccc2O)n1.Cc1nc[c-]n1-c1cc(C2(C)CCCCC2)ccn1.[Co].[Ir].[Ir].[Ni].[Pd]. The number of aromatic nitrogens is 16. The Morgan fingerprint density at radius 3 is 1.84 bits per heavy atom. The fourth-order valence-corrected chi connectivity index (χ4v) is 17.0. The van der Waals surface area contributed by atoms with Crippen LogP contribution in [-0.2, 0) is 111 Å². The average Bonchev–Trinajstić information content (AvgIpc) is 1.61. The molecular weight excluding hydrogens is 1860 g/mol. The number of benzene rings is 2. The zero-order valence-electron chi connectivity index (χ0n) is 62.9. The van der Waals surface area contributed by atoms with Gasteiger partial charge in [-0.2, -0.15) is 34.5 Å². The van der Waals surface area contributed by atoms with Crippen molar-refractivity contribution < 1.29 is 99.0 Å². The number of phenolic OH excluding ortho intramolecular Hbond substituents is 1. The maximum absolute atomic E-state index is 10.0. The van der Waals surface area contributed by atoms with E-state index in [9.17, 15) is 5.11 Å². The van der Waals surface area contributed by atoms with Crippen molar-refractivity contribution in [2.75, 3.05) is 0 Å². The normalized spacial score (nSPS) is 17.5. The van der Waals surface area contributed by atoms with Crippen LogP contribution >= 0.6 is 0 Å². The average molecular weight is 1960 g/mol. The third-order valence-corrected chi connectivity index (χ3v) is 23.5. The van der Waals surface area contributed by atoms with Gasteiger partial charge >= 0.3 is 0 Å². The van der Waals surface area contributed by atoms with E-state index in [2.05, 4.69) is 148 Å². The fraction of sp³-hybridized carbons (Fsp3) is 0.488. The molecule has 2 atom stereocenters. The van der Waals surface area contributed by atoms with Crippen LogP contribution in [0.2, 0.25) is 0 Å². The van der Waals surface area contributed by atoms with E-state index in [1.165, 1.54) is 152 Å². The van der Waals surface area contributed by atoms with Crippen LogP contribution in [0.25, 0.3) is 40.0 Å². The number of aryl methyl sites for hydroxylation is 2. The van der Waals surface area contributed by atoms with Gasteiger partial charge in [0.15, 0.2) is 0 Å². The Balaban J connectivity index is 0.000000183. The van der Waals surface area contributed by atoms with Gasteiger partial charge in [0.1, 0.15) is 35.2 Å². The number of fused-ring (bicyclic) bond motifs is 1. The minimum atomic E-state index is 0. The van der Waals surface area contributed by atoms with Gasteiger partial charge in [-0.15, -0.1) is 6.07 Å². The van der Waals surface area contributed by atoms with Crippen molar-refractivity contribution in [1.82, 2.24) is 78.1 Å². The molecule has 5 aliphatic carbocycles. The maximum atomic E-state index is 10.0. The number of hydrogen-bond donors (Lipinski definition) is 1. The molecule has 0 spiro atoms. The fourth-order valence-electron chi connectivity index (χ4n) is 17.0. The van der Waals surface area contributed by atoms with Crippen LogP contribution in [0.5, 0.6) is 5.75 Å². The molecule has 11 aromatic rings. The zero-order valence-corrected chi connectivity index (χ0v) is 71.3. The van der Waals surface area contributed by atoms with Crippen molar-refractivity contribution >= 4 is 11.2 Å². The Morgan fingerprint density at radius 2 is 1.20 bits per heavy atom. The predicted octanol–water partition coefficient (Wildman–Crippen LogP) is 19.1. The van der Waals surface area contributed by atoms with Crippen LogP contribution in [-0.4, -0.2) is 83.2 Å². The van der Waals surface area contributed by atoms with Crippen LogP contribution in [0.15, 0.2) is 147 Å². The second-order valence-electron chi connectivity index (χ2n) is 30.4. The number of phenols is 1. The molecule has 5 saturated carbocycles. The summed E-state index contributed by atoms with van der Waals surface area (Å²) in [5.74, 6) is 8.76. The van der Waals surface area contributed by atoms with E-state index in [4.69, 9.17) is 4.98 Å². The Labute approximate surface area is 690 Å². The van der Waals surface area contributed by atoms with Crippen LogP contribution < -0.4 is 0 Å². The molecule has 0 aliphatic heterocycles. The number of para-hydroxylation sites is 3. The summed E-state index contributed by atoms with van der Waals surface area (Å²) >= 11 is 0. The first-order valence-corrected chi connectivity index (χ1v) is 37.6. The van der Waals surface area contributed by atoms with Crippen molar-refractivity contribution in [2.45, 2.75) is 245 Å². The minimum absolute atomic E-state index is 0. The summed E-state index contributed by atoms with van der Waals surface area (Å²) in [5, 5.41) is 18.9. The largest absolute Gasteiger partial charge is 0.506 e. The molecule has 0 saturated heterocycles. The smallest absolute Gasteiger partial charge is 0.148 e. The first-order valence-electron chi connectivity index (χ1n) is 37.6. The van der Waals surface area contributed by atoms with E-state index in [1.807, 2.05) is 128 Å². The third kappa shape index (κ3) is 20.5. The molecule has 22 heteroatoms. The van der Waals surface area contributed by atoms with E-state index < -0.39 is 0 Å².